The number of ether oxygens (including phenoxy) is 1. The molecule has 8 rings (SSSR count). The van der Waals surface area contributed by atoms with Crippen molar-refractivity contribution in [2.24, 2.45) is 0 Å². The summed E-state index contributed by atoms with van der Waals surface area (Å²) in [6.07, 6.45) is 1.41. The van der Waals surface area contributed by atoms with E-state index in [-0.39, 0.29) is 27.5 Å². The van der Waals surface area contributed by atoms with E-state index < -0.39 is 68.0 Å². The van der Waals surface area contributed by atoms with Crippen molar-refractivity contribution in [1.82, 2.24) is 14.5 Å². The first-order chi connectivity index (χ1) is 37.5. The number of nitrogens with zero attached hydrogens (tertiary/aromatic N) is 3. The third kappa shape index (κ3) is 9.12. The van der Waals surface area contributed by atoms with Gasteiger partial charge in [-0.2, -0.15) is 0 Å². The van der Waals surface area contributed by atoms with Crippen LogP contribution in [0.2, 0.25) is 0 Å². The van der Waals surface area contributed by atoms with E-state index in [0.717, 1.165) is 38.9 Å². The summed E-state index contributed by atoms with van der Waals surface area (Å²) in [6, 6.07) is 26.8. The molecule has 66 heavy (non-hydrogen) atoms. The van der Waals surface area contributed by atoms with Crippen LogP contribution in [0.5, 0.6) is 5.75 Å². The van der Waals surface area contributed by atoms with Crippen LogP contribution in [0.25, 0.3) is 72.7 Å². The third-order valence-electron chi connectivity index (χ3n) is 12.2. The molecule has 0 amide bonds. The van der Waals surface area contributed by atoms with Gasteiger partial charge in [-0.05, 0) is 158 Å². The average Bonchev–Trinajstić information content (AvgIpc) is 0.853. The summed E-state index contributed by atoms with van der Waals surface area (Å²) in [5.41, 5.74) is 5.06. The third-order valence-corrected chi connectivity index (χ3v) is 12.2. The number of para-hydroxylation sites is 1. The Bertz CT molecular complexity index is 3730. The number of aromatic nitrogens is 3. The van der Waals surface area contributed by atoms with E-state index in [1.807, 2.05) is 99.8 Å². The van der Waals surface area contributed by atoms with Crippen molar-refractivity contribution in [2.75, 3.05) is 7.11 Å². The SMILES string of the molecule is [2H]c1c([2H])c(C(C([2H])([2H])[2H])(C([2H])([2H])[2H])C([2H])([2H])[2H])c([2H])c([2H])c1-c1ccnc(-c2cc(-c3cccc4c3nc(-c3cc(C)cc(C)c3OC)n4-c3ccc(-c4cc(C(C)(C)C)cc(C(C)(C)C)c4)cc3C([2H])([2H])[2H])cc(C(C)(C)C)c2)c1. The molecule has 0 bridgehead atoms. The summed E-state index contributed by atoms with van der Waals surface area (Å²) >= 11 is 0. The molecule has 6 aromatic carbocycles. The monoisotopic (exact) mass is 888 g/mol. The molecule has 0 aliphatic heterocycles. The van der Waals surface area contributed by atoms with Gasteiger partial charge in [0.2, 0.25) is 0 Å². The van der Waals surface area contributed by atoms with Gasteiger partial charge in [0.15, 0.2) is 0 Å². The molecule has 2 aromatic heterocycles. The zero-order valence-electron chi connectivity index (χ0n) is 56.1. The Morgan fingerprint density at radius 1 is 0.545 bits per heavy atom. The van der Waals surface area contributed by atoms with Crippen LogP contribution in [0.3, 0.4) is 0 Å². The highest BCUT2D eigenvalue weighted by molar-refractivity contribution is 5.97. The van der Waals surface area contributed by atoms with Gasteiger partial charge in [0.05, 0.1) is 40.6 Å². The summed E-state index contributed by atoms with van der Waals surface area (Å²) in [5, 5.41) is 0. The fraction of sp³-hybridized carbons (Fsp3) is 0.323. The quantitative estimate of drug-likeness (QED) is 0.160. The van der Waals surface area contributed by atoms with Gasteiger partial charge < -0.3 is 4.74 Å². The van der Waals surface area contributed by atoms with E-state index in [1.165, 1.54) is 12.3 Å². The molecule has 4 heteroatoms. The van der Waals surface area contributed by atoms with Crippen LogP contribution in [0.15, 0.2) is 127 Å². The maximum atomic E-state index is 9.15. The Labute approximate surface area is 417 Å². The van der Waals surface area contributed by atoms with E-state index >= 15 is 0 Å². The van der Waals surface area contributed by atoms with Crippen molar-refractivity contribution in [3.8, 4) is 67.5 Å². The number of fused-ring (bicyclic) bond motifs is 1. The lowest BCUT2D eigenvalue weighted by Gasteiger charge is -2.26. The number of rotatable bonds is 7. The van der Waals surface area contributed by atoms with Crippen LogP contribution < -0.4 is 4.74 Å². The number of imidazole rings is 1. The molecule has 0 atom stereocenters. The highest BCUT2D eigenvalue weighted by atomic mass is 16.5. The molecule has 0 spiro atoms. The van der Waals surface area contributed by atoms with Gasteiger partial charge in [0.25, 0.3) is 0 Å². The first-order valence-electron chi connectivity index (χ1n) is 30.3. The average molecular weight is 888 g/mol. The number of pyridine rings is 1. The second-order valence-electron chi connectivity index (χ2n) is 20.6. The minimum atomic E-state index is -3.82. The van der Waals surface area contributed by atoms with Gasteiger partial charge in [-0.25, -0.2) is 4.98 Å². The Morgan fingerprint density at radius 3 is 1.82 bits per heavy atom. The molecule has 0 saturated carbocycles. The fourth-order valence-electron chi connectivity index (χ4n) is 8.47. The summed E-state index contributed by atoms with van der Waals surface area (Å²) in [6.45, 7) is 8.99. The normalized spacial score (nSPS) is 16.8. The summed E-state index contributed by atoms with van der Waals surface area (Å²) in [5.74, 6) is 1.01. The molecule has 0 unspecified atom stereocenters. The highest BCUT2D eigenvalue weighted by Crippen LogP contribution is 2.43. The summed E-state index contributed by atoms with van der Waals surface area (Å²) < 4.78 is 146. The predicted molar refractivity (Wildman–Crippen MR) is 282 cm³/mol. The van der Waals surface area contributed by atoms with Crippen LogP contribution in [-0.4, -0.2) is 21.6 Å². The van der Waals surface area contributed by atoms with Gasteiger partial charge in [0, 0.05) is 33.8 Å². The van der Waals surface area contributed by atoms with E-state index in [0.29, 0.717) is 56.2 Å². The van der Waals surface area contributed by atoms with E-state index in [4.69, 9.17) is 36.6 Å². The number of benzene rings is 6. The summed E-state index contributed by atoms with van der Waals surface area (Å²) in [7, 11) is 1.59. The highest BCUT2D eigenvalue weighted by Gasteiger charge is 2.26. The molecular weight excluding hydrogens is 803 g/mol. The van der Waals surface area contributed by atoms with Crippen molar-refractivity contribution in [1.29, 1.82) is 0 Å². The van der Waals surface area contributed by atoms with E-state index in [1.54, 1.807) is 19.2 Å². The molecule has 2 heterocycles. The smallest absolute Gasteiger partial charge is 0.149 e. The van der Waals surface area contributed by atoms with Crippen molar-refractivity contribution < 1.29 is 26.7 Å². The topological polar surface area (TPSA) is 39.9 Å². The van der Waals surface area contributed by atoms with Gasteiger partial charge in [-0.1, -0.05) is 156 Å². The number of hydrogen-bond donors (Lipinski definition) is 0. The molecule has 0 fully saturated rings. The van der Waals surface area contributed by atoms with Gasteiger partial charge >= 0.3 is 0 Å². The molecular formula is C62H69N3O. The molecule has 4 nitrogen and oxygen atoms in total. The molecule has 0 N–H and O–H groups in total. The maximum absolute atomic E-state index is 9.15. The van der Waals surface area contributed by atoms with Crippen LogP contribution in [0.1, 0.15) is 144 Å². The Kier molecular flexibility index (Phi) is 7.70. The zero-order valence-corrected chi connectivity index (χ0v) is 40.1. The van der Waals surface area contributed by atoms with Crippen molar-refractivity contribution in [3.63, 3.8) is 0 Å². The second kappa shape index (κ2) is 16.9. The molecule has 338 valence electrons. The maximum Gasteiger partial charge on any atom is 0.149 e. The lowest BCUT2D eigenvalue weighted by atomic mass is 9.79. The van der Waals surface area contributed by atoms with Gasteiger partial charge in [-0.3, -0.25) is 9.55 Å². The molecule has 8 aromatic rings. The van der Waals surface area contributed by atoms with Crippen LogP contribution in [0, 0.1) is 20.7 Å². The summed E-state index contributed by atoms with van der Waals surface area (Å²) in [4.78, 5) is 10.2. The van der Waals surface area contributed by atoms with E-state index in [9.17, 15) is 0 Å². The van der Waals surface area contributed by atoms with E-state index in [2.05, 4.69) is 59.7 Å². The number of aryl methyl sites for hydroxylation is 3. The first kappa shape index (κ1) is 30.1. The lowest BCUT2D eigenvalue weighted by molar-refractivity contribution is 0.413. The zero-order chi connectivity index (χ0) is 61.2. The minimum Gasteiger partial charge on any atom is -0.496 e. The number of methoxy groups -OCH3 is 1. The Balaban J connectivity index is 1.39. The van der Waals surface area contributed by atoms with Gasteiger partial charge in [-0.15, -0.1) is 0 Å². The molecule has 0 aliphatic rings. The lowest BCUT2D eigenvalue weighted by Crippen LogP contribution is -2.16. The van der Waals surface area contributed by atoms with Crippen LogP contribution >= 0.6 is 0 Å². The minimum absolute atomic E-state index is 0.110. The number of hydrogen-bond acceptors (Lipinski definition) is 3. The molecule has 0 aliphatic carbocycles. The van der Waals surface area contributed by atoms with Gasteiger partial charge in [0.1, 0.15) is 11.6 Å². The largest absolute Gasteiger partial charge is 0.496 e. The van der Waals surface area contributed by atoms with Crippen LogP contribution in [0.4, 0.5) is 0 Å². The Hall–Kier alpha value is -6.26. The fourth-order valence-corrected chi connectivity index (χ4v) is 8.47. The predicted octanol–water partition coefficient (Wildman–Crippen LogP) is 16.9. The molecule has 0 radical (unpaired) electrons. The first-order valence-corrected chi connectivity index (χ1v) is 22.3. The van der Waals surface area contributed by atoms with Crippen molar-refractivity contribution >= 4 is 11.0 Å². The standard InChI is InChI=1S/C62H69N3O/c1-38-28-40(3)57(66-16)52(29-38)58-64-56-51(45-31-46(35-48(34-45)60(7,8)9)53-36-43(26-27-63-53)41-20-23-47(24-21-41)59(4,5)6)18-17-19-55(56)65(58)54-25-22-42(30-39(54)2)44-32-49(61(10,11)12)37-50(33-44)62(13,14)15/h17-37H,1-16H3/i2D3,4D3,5D3,6D3,20D,21D,23D,24D. The van der Waals surface area contributed by atoms with Crippen LogP contribution in [-0.2, 0) is 21.7 Å². The van der Waals surface area contributed by atoms with Crippen molar-refractivity contribution in [2.45, 2.75) is 125 Å². The van der Waals surface area contributed by atoms with Crippen molar-refractivity contribution in [3.05, 3.63) is 166 Å². The molecule has 0 saturated heterocycles. The Morgan fingerprint density at radius 2 is 1.18 bits per heavy atom. The second-order valence-corrected chi connectivity index (χ2v) is 20.6.